The first kappa shape index (κ1) is 16.5. The quantitative estimate of drug-likeness (QED) is 0.711. The van der Waals surface area contributed by atoms with Crippen molar-refractivity contribution in [3.8, 4) is 0 Å². The fraction of sp³-hybridized carbons (Fsp3) is 0.625. The van der Waals surface area contributed by atoms with Gasteiger partial charge < -0.3 is 5.32 Å². The summed E-state index contributed by atoms with van der Waals surface area (Å²) in [6, 6.07) is 3.88. The monoisotopic (exact) mass is 283 g/mol. The first-order chi connectivity index (χ1) is 8.99. The normalized spacial score (nSPS) is 14.4. The molecule has 3 heteroatoms. The molecule has 0 radical (unpaired) electrons. The number of nitrogens with one attached hydrogen (secondary N) is 1. The zero-order valence-corrected chi connectivity index (χ0v) is 13.5. The Hall–Kier alpha value is -0.540. The number of hydrogen-bond donors (Lipinski definition) is 1. The first-order valence-electron chi connectivity index (χ1n) is 7.15. The van der Waals surface area contributed by atoms with Crippen LogP contribution in [0.2, 0.25) is 0 Å². The van der Waals surface area contributed by atoms with E-state index < -0.39 is 0 Å². The van der Waals surface area contributed by atoms with Gasteiger partial charge in [0.15, 0.2) is 0 Å². The minimum Gasteiger partial charge on any atom is -0.310 e. The average molecular weight is 283 g/mol. The molecule has 0 bridgehead atoms. The Morgan fingerprint density at radius 1 is 1.26 bits per heavy atom. The van der Waals surface area contributed by atoms with Gasteiger partial charge >= 0.3 is 0 Å². The van der Waals surface area contributed by atoms with E-state index in [9.17, 15) is 4.39 Å². The molecule has 1 aromatic rings. The lowest BCUT2D eigenvalue weighted by Crippen LogP contribution is -2.18. The van der Waals surface area contributed by atoms with Crippen molar-refractivity contribution < 1.29 is 4.39 Å². The Labute approximate surface area is 121 Å². The number of halogens is 1. The lowest BCUT2D eigenvalue weighted by atomic mass is 10.1. The van der Waals surface area contributed by atoms with E-state index in [-0.39, 0.29) is 11.9 Å². The number of hydrogen-bond acceptors (Lipinski definition) is 2. The van der Waals surface area contributed by atoms with Crippen molar-refractivity contribution in [1.82, 2.24) is 5.32 Å². The van der Waals surface area contributed by atoms with Gasteiger partial charge in [-0.2, -0.15) is 0 Å². The Balaban J connectivity index is 2.95. The summed E-state index contributed by atoms with van der Waals surface area (Å²) < 4.78 is 13.8. The standard InChI is InChI=1S/C16H26FNS/c1-6-11(3)10-19-16-8-12(4)15(17)9-14(16)13(5)18-7-2/h8-9,11,13,18H,6-7,10H2,1-5H3. The van der Waals surface area contributed by atoms with Crippen LogP contribution in [0.15, 0.2) is 17.0 Å². The van der Waals surface area contributed by atoms with Crippen LogP contribution in [-0.4, -0.2) is 12.3 Å². The molecule has 0 aromatic heterocycles. The van der Waals surface area contributed by atoms with Crippen molar-refractivity contribution in [3.05, 3.63) is 29.1 Å². The van der Waals surface area contributed by atoms with Gasteiger partial charge in [-0.25, -0.2) is 4.39 Å². The molecule has 0 amide bonds. The van der Waals surface area contributed by atoms with Crippen molar-refractivity contribution in [1.29, 1.82) is 0 Å². The maximum absolute atomic E-state index is 13.8. The summed E-state index contributed by atoms with van der Waals surface area (Å²) in [5.41, 5.74) is 1.82. The predicted molar refractivity (Wildman–Crippen MR) is 83.4 cm³/mol. The summed E-state index contributed by atoms with van der Waals surface area (Å²) in [6.45, 7) is 11.4. The molecule has 2 unspecified atom stereocenters. The Morgan fingerprint density at radius 2 is 1.95 bits per heavy atom. The molecule has 108 valence electrons. The molecule has 0 heterocycles. The van der Waals surface area contributed by atoms with Crippen LogP contribution >= 0.6 is 11.8 Å². The van der Waals surface area contributed by atoms with Gasteiger partial charge in [-0.1, -0.05) is 27.2 Å². The van der Waals surface area contributed by atoms with Gasteiger partial charge in [0.1, 0.15) is 5.82 Å². The molecule has 1 aromatic carbocycles. The Morgan fingerprint density at radius 3 is 2.53 bits per heavy atom. The average Bonchev–Trinajstić information content (AvgIpc) is 2.39. The van der Waals surface area contributed by atoms with E-state index in [1.165, 1.54) is 11.3 Å². The fourth-order valence-corrected chi connectivity index (χ4v) is 3.26. The molecular formula is C16H26FNS. The number of thioether (sulfide) groups is 1. The predicted octanol–water partition coefficient (Wildman–Crippen LogP) is 4.94. The molecule has 1 rings (SSSR count). The first-order valence-corrected chi connectivity index (χ1v) is 8.14. The maximum atomic E-state index is 13.8. The molecule has 19 heavy (non-hydrogen) atoms. The van der Waals surface area contributed by atoms with E-state index in [0.717, 1.165) is 23.4 Å². The van der Waals surface area contributed by atoms with Crippen LogP contribution in [0.5, 0.6) is 0 Å². The van der Waals surface area contributed by atoms with Crippen molar-refractivity contribution in [2.24, 2.45) is 5.92 Å². The SMILES string of the molecule is CCNC(C)c1cc(F)c(C)cc1SCC(C)CC. The van der Waals surface area contributed by atoms with Crippen molar-refractivity contribution in [3.63, 3.8) is 0 Å². The summed E-state index contributed by atoms with van der Waals surface area (Å²) >= 11 is 1.85. The lowest BCUT2D eigenvalue weighted by Gasteiger charge is -2.19. The van der Waals surface area contributed by atoms with E-state index in [4.69, 9.17) is 0 Å². The minimum atomic E-state index is -0.104. The van der Waals surface area contributed by atoms with Crippen molar-refractivity contribution >= 4 is 11.8 Å². The van der Waals surface area contributed by atoms with Gasteiger partial charge in [-0.05, 0) is 49.6 Å². The van der Waals surface area contributed by atoms with Gasteiger partial charge in [0.25, 0.3) is 0 Å². The zero-order chi connectivity index (χ0) is 14.4. The van der Waals surface area contributed by atoms with Crippen LogP contribution in [0, 0.1) is 18.7 Å². The van der Waals surface area contributed by atoms with Crippen LogP contribution in [-0.2, 0) is 0 Å². The fourth-order valence-electron chi connectivity index (χ4n) is 1.90. The van der Waals surface area contributed by atoms with Crippen LogP contribution in [0.3, 0.4) is 0 Å². The molecule has 0 aliphatic rings. The summed E-state index contributed by atoms with van der Waals surface area (Å²) in [6.07, 6.45) is 1.19. The topological polar surface area (TPSA) is 12.0 Å². The second-order valence-corrected chi connectivity index (χ2v) is 6.30. The smallest absolute Gasteiger partial charge is 0.126 e. The number of rotatable bonds is 7. The molecule has 0 aliphatic heterocycles. The van der Waals surface area contributed by atoms with Gasteiger partial charge in [-0.15, -0.1) is 11.8 Å². The largest absolute Gasteiger partial charge is 0.310 e. The van der Waals surface area contributed by atoms with E-state index in [1.54, 1.807) is 6.07 Å². The van der Waals surface area contributed by atoms with E-state index >= 15 is 0 Å². The lowest BCUT2D eigenvalue weighted by molar-refractivity contribution is 0.570. The molecule has 0 aliphatic carbocycles. The maximum Gasteiger partial charge on any atom is 0.126 e. The van der Waals surface area contributed by atoms with Gasteiger partial charge in [0.2, 0.25) is 0 Å². The highest BCUT2D eigenvalue weighted by Crippen LogP contribution is 2.31. The summed E-state index contributed by atoms with van der Waals surface area (Å²) in [5.74, 6) is 1.68. The molecule has 0 saturated heterocycles. The second-order valence-electron chi connectivity index (χ2n) is 5.24. The van der Waals surface area contributed by atoms with Gasteiger partial charge in [0, 0.05) is 16.7 Å². The third kappa shape index (κ3) is 4.81. The number of aryl methyl sites for hydroxylation is 1. The zero-order valence-electron chi connectivity index (χ0n) is 12.7. The summed E-state index contributed by atoms with van der Waals surface area (Å²) in [7, 11) is 0. The molecule has 2 atom stereocenters. The molecule has 0 fully saturated rings. The van der Waals surface area contributed by atoms with Crippen LogP contribution in [0.1, 0.15) is 51.3 Å². The summed E-state index contributed by atoms with van der Waals surface area (Å²) in [4.78, 5) is 1.22. The summed E-state index contributed by atoms with van der Waals surface area (Å²) in [5, 5.41) is 3.37. The van der Waals surface area contributed by atoms with Crippen LogP contribution < -0.4 is 5.32 Å². The molecule has 0 saturated carbocycles. The Bertz CT molecular complexity index is 406. The van der Waals surface area contributed by atoms with E-state index in [0.29, 0.717) is 5.92 Å². The molecule has 1 nitrogen and oxygen atoms in total. The van der Waals surface area contributed by atoms with Crippen molar-refractivity contribution in [2.75, 3.05) is 12.3 Å². The van der Waals surface area contributed by atoms with Crippen LogP contribution in [0.4, 0.5) is 4.39 Å². The van der Waals surface area contributed by atoms with Crippen molar-refractivity contribution in [2.45, 2.75) is 52.0 Å². The highest BCUT2D eigenvalue weighted by atomic mass is 32.2. The highest BCUT2D eigenvalue weighted by molar-refractivity contribution is 7.99. The third-order valence-electron chi connectivity index (χ3n) is 3.49. The Kier molecular flexibility index (Phi) is 6.87. The molecular weight excluding hydrogens is 257 g/mol. The minimum absolute atomic E-state index is 0.104. The van der Waals surface area contributed by atoms with Gasteiger partial charge in [-0.3, -0.25) is 0 Å². The second kappa shape index (κ2) is 7.91. The number of benzene rings is 1. The van der Waals surface area contributed by atoms with E-state index in [2.05, 4.69) is 33.0 Å². The van der Waals surface area contributed by atoms with E-state index in [1.807, 2.05) is 24.8 Å². The third-order valence-corrected chi connectivity index (χ3v) is 4.89. The van der Waals surface area contributed by atoms with Gasteiger partial charge in [0.05, 0.1) is 0 Å². The van der Waals surface area contributed by atoms with Crippen LogP contribution in [0.25, 0.3) is 0 Å². The molecule has 0 spiro atoms. The highest BCUT2D eigenvalue weighted by Gasteiger charge is 2.14. The molecule has 1 N–H and O–H groups in total.